The molecule has 0 heterocycles. The summed E-state index contributed by atoms with van der Waals surface area (Å²) in [5.74, 6) is -0.0727. The molecular weight excluding hydrogens is 272 g/mol. The summed E-state index contributed by atoms with van der Waals surface area (Å²) < 4.78 is 0. The van der Waals surface area contributed by atoms with Gasteiger partial charge in [-0.1, -0.05) is 43.7 Å². The molecule has 2 rings (SSSR count). The number of rotatable bonds is 6. The fourth-order valence-corrected chi connectivity index (χ4v) is 2.31. The summed E-state index contributed by atoms with van der Waals surface area (Å²) in [4.78, 5) is 14.5. The predicted molar refractivity (Wildman–Crippen MR) is 92.2 cm³/mol. The Morgan fingerprint density at radius 1 is 0.955 bits per heavy atom. The number of amides is 1. The number of hydrogen-bond donors (Lipinski definition) is 1. The number of benzene rings is 2. The number of carbonyl (C=O) groups excluding carboxylic acids is 1. The van der Waals surface area contributed by atoms with Crippen LogP contribution in [0.4, 0.5) is 5.69 Å². The molecule has 1 amide bonds. The van der Waals surface area contributed by atoms with E-state index in [-0.39, 0.29) is 5.91 Å². The lowest BCUT2D eigenvalue weighted by Gasteiger charge is -2.18. The highest BCUT2D eigenvalue weighted by atomic mass is 16.1. The van der Waals surface area contributed by atoms with Gasteiger partial charge in [-0.05, 0) is 49.8 Å². The van der Waals surface area contributed by atoms with Gasteiger partial charge < -0.3 is 5.32 Å². The van der Waals surface area contributed by atoms with Crippen molar-refractivity contribution < 1.29 is 4.79 Å². The first-order chi connectivity index (χ1) is 10.6. The summed E-state index contributed by atoms with van der Waals surface area (Å²) in [7, 11) is 0. The Morgan fingerprint density at radius 3 is 2.09 bits per heavy atom. The Kier molecular flexibility index (Phi) is 5.73. The van der Waals surface area contributed by atoms with Crippen LogP contribution in [0.3, 0.4) is 0 Å². The molecule has 0 saturated heterocycles. The van der Waals surface area contributed by atoms with Crippen LogP contribution in [-0.4, -0.2) is 23.9 Å². The summed E-state index contributed by atoms with van der Waals surface area (Å²) in [5, 5.41) is 2.93. The number of anilines is 1. The van der Waals surface area contributed by atoms with Crippen LogP contribution in [0.1, 0.15) is 35.3 Å². The number of nitrogens with zero attached hydrogens (tertiary/aromatic N) is 1. The average molecular weight is 296 g/mol. The van der Waals surface area contributed by atoms with Gasteiger partial charge in [0.2, 0.25) is 0 Å². The van der Waals surface area contributed by atoms with Crippen LogP contribution in [-0.2, 0) is 6.54 Å². The molecule has 1 N–H and O–H groups in total. The monoisotopic (exact) mass is 296 g/mol. The molecule has 0 atom stereocenters. The average Bonchev–Trinajstić information content (AvgIpc) is 2.54. The van der Waals surface area contributed by atoms with Crippen LogP contribution in [0.15, 0.2) is 48.5 Å². The molecule has 0 unspecified atom stereocenters. The van der Waals surface area contributed by atoms with E-state index in [0.717, 1.165) is 30.9 Å². The van der Waals surface area contributed by atoms with E-state index in [1.807, 2.05) is 43.3 Å². The third-order valence-electron chi connectivity index (χ3n) is 3.83. The molecule has 0 saturated carbocycles. The van der Waals surface area contributed by atoms with E-state index in [0.29, 0.717) is 5.56 Å². The van der Waals surface area contributed by atoms with E-state index in [2.05, 4.69) is 36.2 Å². The Bertz CT molecular complexity index is 598. The van der Waals surface area contributed by atoms with E-state index in [1.54, 1.807) is 0 Å². The molecule has 3 heteroatoms. The lowest BCUT2D eigenvalue weighted by atomic mass is 10.1. The molecule has 0 spiro atoms. The first-order valence-electron chi connectivity index (χ1n) is 7.81. The van der Waals surface area contributed by atoms with Gasteiger partial charge in [0.05, 0.1) is 0 Å². The fourth-order valence-electron chi connectivity index (χ4n) is 2.31. The molecule has 2 aromatic rings. The number of aryl methyl sites for hydroxylation is 1. The van der Waals surface area contributed by atoms with Gasteiger partial charge >= 0.3 is 0 Å². The van der Waals surface area contributed by atoms with Crippen LogP contribution in [0.2, 0.25) is 0 Å². The van der Waals surface area contributed by atoms with Crippen LogP contribution < -0.4 is 5.32 Å². The zero-order chi connectivity index (χ0) is 15.9. The second kappa shape index (κ2) is 7.76. The van der Waals surface area contributed by atoms with Crippen LogP contribution in [0.25, 0.3) is 0 Å². The van der Waals surface area contributed by atoms with Crippen molar-refractivity contribution in [3.05, 3.63) is 65.2 Å². The van der Waals surface area contributed by atoms with E-state index >= 15 is 0 Å². The minimum Gasteiger partial charge on any atom is -0.322 e. The van der Waals surface area contributed by atoms with Crippen LogP contribution >= 0.6 is 0 Å². The SMILES string of the molecule is CCN(CC)Cc1ccc(NC(=O)c2ccc(C)cc2)cc1. The van der Waals surface area contributed by atoms with E-state index < -0.39 is 0 Å². The molecule has 0 bridgehead atoms. The van der Waals surface area contributed by atoms with Gasteiger partial charge in [-0.2, -0.15) is 0 Å². The van der Waals surface area contributed by atoms with Gasteiger partial charge in [0, 0.05) is 17.8 Å². The molecule has 2 aromatic carbocycles. The van der Waals surface area contributed by atoms with Gasteiger partial charge in [-0.25, -0.2) is 0 Å². The van der Waals surface area contributed by atoms with Gasteiger partial charge in [-0.3, -0.25) is 9.69 Å². The van der Waals surface area contributed by atoms with Crippen molar-refractivity contribution in [2.75, 3.05) is 18.4 Å². The zero-order valence-electron chi connectivity index (χ0n) is 13.6. The normalized spacial score (nSPS) is 10.7. The largest absolute Gasteiger partial charge is 0.322 e. The molecule has 116 valence electrons. The lowest BCUT2D eigenvalue weighted by molar-refractivity contribution is 0.102. The molecule has 3 nitrogen and oxygen atoms in total. The molecule has 22 heavy (non-hydrogen) atoms. The Hall–Kier alpha value is -2.13. The van der Waals surface area contributed by atoms with E-state index in [4.69, 9.17) is 0 Å². The van der Waals surface area contributed by atoms with Crippen LogP contribution in [0.5, 0.6) is 0 Å². The second-order valence-electron chi connectivity index (χ2n) is 5.48. The smallest absolute Gasteiger partial charge is 0.255 e. The van der Waals surface area contributed by atoms with E-state index in [9.17, 15) is 4.79 Å². The van der Waals surface area contributed by atoms with Crippen molar-refractivity contribution in [1.29, 1.82) is 0 Å². The quantitative estimate of drug-likeness (QED) is 0.871. The summed E-state index contributed by atoms with van der Waals surface area (Å²) in [6, 6.07) is 15.7. The molecule has 0 aromatic heterocycles. The summed E-state index contributed by atoms with van der Waals surface area (Å²) in [6.45, 7) is 9.37. The third-order valence-corrected chi connectivity index (χ3v) is 3.83. The molecule has 0 radical (unpaired) electrons. The van der Waals surface area contributed by atoms with Crippen molar-refractivity contribution in [2.45, 2.75) is 27.3 Å². The summed E-state index contributed by atoms with van der Waals surface area (Å²) in [6.07, 6.45) is 0. The Morgan fingerprint density at radius 2 is 1.55 bits per heavy atom. The second-order valence-corrected chi connectivity index (χ2v) is 5.48. The van der Waals surface area contributed by atoms with Gasteiger partial charge in [0.25, 0.3) is 5.91 Å². The highest BCUT2D eigenvalue weighted by Gasteiger charge is 2.06. The number of nitrogens with one attached hydrogen (secondary N) is 1. The maximum Gasteiger partial charge on any atom is 0.255 e. The van der Waals surface area contributed by atoms with Crippen molar-refractivity contribution >= 4 is 11.6 Å². The molecule has 0 aliphatic carbocycles. The van der Waals surface area contributed by atoms with Crippen molar-refractivity contribution in [3.8, 4) is 0 Å². The minimum atomic E-state index is -0.0727. The first-order valence-corrected chi connectivity index (χ1v) is 7.81. The predicted octanol–water partition coefficient (Wildman–Crippen LogP) is 4.09. The van der Waals surface area contributed by atoms with Crippen molar-refractivity contribution in [2.24, 2.45) is 0 Å². The fraction of sp³-hybridized carbons (Fsp3) is 0.316. The molecule has 0 aliphatic heterocycles. The molecular formula is C19H24N2O. The maximum atomic E-state index is 12.2. The highest BCUT2D eigenvalue weighted by molar-refractivity contribution is 6.04. The molecule has 0 aliphatic rings. The van der Waals surface area contributed by atoms with E-state index in [1.165, 1.54) is 5.56 Å². The summed E-state index contributed by atoms with van der Waals surface area (Å²) in [5.41, 5.74) is 3.92. The maximum absolute atomic E-state index is 12.2. The van der Waals surface area contributed by atoms with Crippen molar-refractivity contribution in [1.82, 2.24) is 4.90 Å². The standard InChI is InChI=1S/C19H24N2O/c1-4-21(5-2)14-16-8-12-18(13-9-16)20-19(22)17-10-6-15(3)7-11-17/h6-13H,4-5,14H2,1-3H3,(H,20,22). The van der Waals surface area contributed by atoms with Gasteiger partial charge in [0.1, 0.15) is 0 Å². The third kappa shape index (κ3) is 4.43. The summed E-state index contributed by atoms with van der Waals surface area (Å²) >= 11 is 0. The minimum absolute atomic E-state index is 0.0727. The number of hydrogen-bond acceptors (Lipinski definition) is 2. The number of carbonyl (C=O) groups is 1. The Labute approximate surface area is 133 Å². The topological polar surface area (TPSA) is 32.3 Å². The molecule has 0 fully saturated rings. The zero-order valence-corrected chi connectivity index (χ0v) is 13.6. The highest BCUT2D eigenvalue weighted by Crippen LogP contribution is 2.13. The van der Waals surface area contributed by atoms with Gasteiger partial charge in [-0.15, -0.1) is 0 Å². The lowest BCUT2D eigenvalue weighted by Crippen LogP contribution is -2.22. The Balaban J connectivity index is 1.98. The van der Waals surface area contributed by atoms with Crippen molar-refractivity contribution in [3.63, 3.8) is 0 Å². The van der Waals surface area contributed by atoms with Gasteiger partial charge in [0.15, 0.2) is 0 Å². The first kappa shape index (κ1) is 16.2. The van der Waals surface area contributed by atoms with Crippen LogP contribution in [0, 0.1) is 6.92 Å².